The third kappa shape index (κ3) is 5.48. The molecule has 7 nitrogen and oxygen atoms in total. The Morgan fingerprint density at radius 3 is 2.45 bits per heavy atom. The molecule has 1 unspecified atom stereocenters. The van der Waals surface area contributed by atoms with Crippen molar-refractivity contribution < 1.29 is 22.7 Å². The number of rotatable bonds is 8. The lowest BCUT2D eigenvalue weighted by Crippen LogP contribution is -2.34. The van der Waals surface area contributed by atoms with Gasteiger partial charge in [-0.3, -0.25) is 9.52 Å². The van der Waals surface area contributed by atoms with E-state index in [-0.39, 0.29) is 16.9 Å². The Kier molecular flexibility index (Phi) is 6.76. The van der Waals surface area contributed by atoms with Crippen molar-refractivity contribution in [3.63, 3.8) is 0 Å². The first kappa shape index (κ1) is 21.1. The van der Waals surface area contributed by atoms with Gasteiger partial charge < -0.3 is 14.4 Å². The summed E-state index contributed by atoms with van der Waals surface area (Å²) in [4.78, 5) is 14.3. The molecule has 0 aromatic heterocycles. The molecular formula is C21H26N2O5S. The van der Waals surface area contributed by atoms with Crippen molar-refractivity contribution in [2.75, 3.05) is 31.5 Å². The second-order valence-corrected chi connectivity index (χ2v) is 8.59. The number of ether oxygens (including phenoxy) is 2. The van der Waals surface area contributed by atoms with Crippen molar-refractivity contribution in [1.82, 2.24) is 4.90 Å². The molecule has 2 aromatic carbocycles. The standard InChI is InChI=1S/C21H26N2O5S/c1-3-27-18-10-12-20(13-11-18)29(25,26)22-17-8-6-16(7-9-17)21(24)23(2)15-19-5-4-14-28-19/h6-13,19,22H,3-5,14-15H2,1-2H3. The summed E-state index contributed by atoms with van der Waals surface area (Å²) in [5.74, 6) is 0.489. The van der Waals surface area contributed by atoms with Crippen LogP contribution in [0, 0.1) is 0 Å². The summed E-state index contributed by atoms with van der Waals surface area (Å²) in [6.45, 7) is 3.67. The lowest BCUT2D eigenvalue weighted by molar-refractivity contribution is 0.0587. The summed E-state index contributed by atoms with van der Waals surface area (Å²) in [5.41, 5.74) is 0.881. The number of carbonyl (C=O) groups excluding carboxylic acids is 1. The second kappa shape index (κ2) is 9.28. The highest BCUT2D eigenvalue weighted by Gasteiger charge is 2.21. The van der Waals surface area contributed by atoms with E-state index in [4.69, 9.17) is 9.47 Å². The molecule has 0 saturated carbocycles. The summed E-state index contributed by atoms with van der Waals surface area (Å²) in [6, 6.07) is 12.6. The number of sulfonamides is 1. The molecule has 3 rings (SSSR count). The van der Waals surface area contributed by atoms with Gasteiger partial charge in [0.15, 0.2) is 0 Å². The maximum absolute atomic E-state index is 12.6. The summed E-state index contributed by atoms with van der Waals surface area (Å²) in [7, 11) is -1.99. The van der Waals surface area contributed by atoms with Crippen LogP contribution in [0.15, 0.2) is 53.4 Å². The number of hydrogen-bond acceptors (Lipinski definition) is 5. The molecule has 0 spiro atoms. The average molecular weight is 419 g/mol. The van der Waals surface area contributed by atoms with E-state index in [1.165, 1.54) is 12.1 Å². The Labute approximate surface area is 171 Å². The fourth-order valence-electron chi connectivity index (χ4n) is 3.17. The summed E-state index contributed by atoms with van der Waals surface area (Å²) in [5, 5.41) is 0. The molecular weight excluding hydrogens is 392 g/mol. The van der Waals surface area contributed by atoms with Crippen molar-refractivity contribution in [2.24, 2.45) is 0 Å². The highest BCUT2D eigenvalue weighted by Crippen LogP contribution is 2.20. The van der Waals surface area contributed by atoms with Crippen LogP contribution in [0.25, 0.3) is 0 Å². The number of benzene rings is 2. The molecule has 2 aromatic rings. The first-order valence-corrected chi connectivity index (χ1v) is 11.1. The molecule has 1 atom stereocenters. The van der Waals surface area contributed by atoms with Crippen LogP contribution in [0.3, 0.4) is 0 Å². The average Bonchev–Trinajstić information content (AvgIpc) is 3.21. The minimum Gasteiger partial charge on any atom is -0.494 e. The molecule has 8 heteroatoms. The number of amides is 1. The maximum atomic E-state index is 12.6. The molecule has 0 bridgehead atoms. The Balaban J connectivity index is 1.63. The van der Waals surface area contributed by atoms with Crippen LogP contribution in [0.5, 0.6) is 5.75 Å². The molecule has 1 heterocycles. The van der Waals surface area contributed by atoms with E-state index in [2.05, 4.69) is 4.72 Å². The Morgan fingerprint density at radius 2 is 1.86 bits per heavy atom. The zero-order valence-electron chi connectivity index (χ0n) is 16.6. The lowest BCUT2D eigenvalue weighted by atomic mass is 10.1. The Bertz CT molecular complexity index is 921. The first-order chi connectivity index (χ1) is 13.9. The number of nitrogens with one attached hydrogen (secondary N) is 1. The zero-order valence-corrected chi connectivity index (χ0v) is 17.4. The molecule has 1 aliphatic rings. The smallest absolute Gasteiger partial charge is 0.261 e. The molecule has 29 heavy (non-hydrogen) atoms. The maximum Gasteiger partial charge on any atom is 0.261 e. The van der Waals surface area contributed by atoms with E-state index < -0.39 is 10.0 Å². The fraction of sp³-hybridized carbons (Fsp3) is 0.381. The van der Waals surface area contributed by atoms with Gasteiger partial charge in [-0.25, -0.2) is 8.42 Å². The number of nitrogens with zero attached hydrogens (tertiary/aromatic N) is 1. The van der Waals surface area contributed by atoms with Gasteiger partial charge in [0, 0.05) is 31.5 Å². The molecule has 1 aliphatic heterocycles. The molecule has 156 valence electrons. The predicted molar refractivity (Wildman–Crippen MR) is 111 cm³/mol. The van der Waals surface area contributed by atoms with Crippen LogP contribution in [0.2, 0.25) is 0 Å². The van der Waals surface area contributed by atoms with Crippen molar-refractivity contribution >= 4 is 21.6 Å². The molecule has 1 amide bonds. The summed E-state index contributed by atoms with van der Waals surface area (Å²) < 4.78 is 38.5. The van der Waals surface area contributed by atoms with Gasteiger partial charge in [0.1, 0.15) is 5.75 Å². The molecule has 1 N–H and O–H groups in total. The predicted octanol–water partition coefficient (Wildman–Crippen LogP) is 3.14. The topological polar surface area (TPSA) is 84.9 Å². The molecule has 1 fully saturated rings. The van der Waals surface area contributed by atoms with Crippen molar-refractivity contribution in [3.8, 4) is 5.75 Å². The van der Waals surface area contributed by atoms with Gasteiger partial charge in [0.25, 0.3) is 15.9 Å². The van der Waals surface area contributed by atoms with E-state index in [0.717, 1.165) is 19.4 Å². The summed E-state index contributed by atoms with van der Waals surface area (Å²) >= 11 is 0. The van der Waals surface area contributed by atoms with Crippen molar-refractivity contribution in [2.45, 2.75) is 30.8 Å². The van der Waals surface area contributed by atoms with Crippen LogP contribution in [0.1, 0.15) is 30.1 Å². The largest absolute Gasteiger partial charge is 0.494 e. The number of anilines is 1. The van der Waals surface area contributed by atoms with Crippen LogP contribution in [0.4, 0.5) is 5.69 Å². The van der Waals surface area contributed by atoms with Gasteiger partial charge in [0.05, 0.1) is 17.6 Å². The van der Waals surface area contributed by atoms with E-state index in [0.29, 0.717) is 30.2 Å². The van der Waals surface area contributed by atoms with Gasteiger partial charge in [-0.15, -0.1) is 0 Å². The van der Waals surface area contributed by atoms with Gasteiger partial charge in [-0.05, 0) is 68.3 Å². The Morgan fingerprint density at radius 1 is 1.17 bits per heavy atom. The first-order valence-electron chi connectivity index (χ1n) is 9.62. The third-order valence-corrected chi connectivity index (χ3v) is 6.07. The van der Waals surface area contributed by atoms with E-state index in [9.17, 15) is 13.2 Å². The van der Waals surface area contributed by atoms with Crippen molar-refractivity contribution in [3.05, 3.63) is 54.1 Å². The van der Waals surface area contributed by atoms with E-state index >= 15 is 0 Å². The minimum absolute atomic E-state index is 0.0872. The van der Waals surface area contributed by atoms with Gasteiger partial charge in [-0.2, -0.15) is 0 Å². The highest BCUT2D eigenvalue weighted by atomic mass is 32.2. The van der Waals surface area contributed by atoms with Crippen LogP contribution < -0.4 is 9.46 Å². The molecule has 0 radical (unpaired) electrons. The van der Waals surface area contributed by atoms with Crippen LogP contribution in [-0.2, 0) is 14.8 Å². The van der Waals surface area contributed by atoms with Gasteiger partial charge in [0.2, 0.25) is 0 Å². The van der Waals surface area contributed by atoms with Crippen LogP contribution in [-0.4, -0.2) is 52.1 Å². The third-order valence-electron chi connectivity index (χ3n) is 4.68. The quantitative estimate of drug-likeness (QED) is 0.712. The minimum atomic E-state index is -3.73. The fourth-order valence-corrected chi connectivity index (χ4v) is 4.23. The van der Waals surface area contributed by atoms with E-state index in [1.807, 2.05) is 6.92 Å². The molecule has 1 saturated heterocycles. The van der Waals surface area contributed by atoms with Gasteiger partial charge in [-0.1, -0.05) is 0 Å². The van der Waals surface area contributed by atoms with Crippen LogP contribution >= 0.6 is 0 Å². The Hall–Kier alpha value is -2.58. The highest BCUT2D eigenvalue weighted by molar-refractivity contribution is 7.92. The monoisotopic (exact) mass is 418 g/mol. The number of hydrogen-bond donors (Lipinski definition) is 1. The lowest BCUT2D eigenvalue weighted by Gasteiger charge is -2.21. The second-order valence-electron chi connectivity index (χ2n) is 6.91. The number of likely N-dealkylation sites (N-methyl/N-ethyl adjacent to an activating group) is 1. The normalized spacial score (nSPS) is 16.4. The number of carbonyl (C=O) groups is 1. The zero-order chi connectivity index (χ0) is 20.9. The summed E-state index contributed by atoms with van der Waals surface area (Å²) in [6.07, 6.45) is 2.07. The van der Waals surface area contributed by atoms with Crippen molar-refractivity contribution in [1.29, 1.82) is 0 Å². The van der Waals surface area contributed by atoms with Gasteiger partial charge >= 0.3 is 0 Å². The SMILES string of the molecule is CCOc1ccc(S(=O)(=O)Nc2ccc(C(=O)N(C)CC3CCCO3)cc2)cc1. The van der Waals surface area contributed by atoms with E-state index in [1.54, 1.807) is 48.3 Å². The molecule has 0 aliphatic carbocycles.